The summed E-state index contributed by atoms with van der Waals surface area (Å²) < 4.78 is 36.6. The Hall–Kier alpha value is -2.13. The van der Waals surface area contributed by atoms with Crippen LogP contribution in [-0.4, -0.2) is 40.2 Å². The second-order valence-electron chi connectivity index (χ2n) is 5.57. The molecule has 9 heteroatoms. The Balaban J connectivity index is 1.95. The maximum Gasteiger partial charge on any atom is 0.407 e. The number of hydrogen-bond donors (Lipinski definition) is 2. The van der Waals surface area contributed by atoms with Crippen LogP contribution < -0.4 is 10.0 Å². The van der Waals surface area contributed by atoms with Gasteiger partial charge in [0.1, 0.15) is 0 Å². The minimum atomic E-state index is -3.92. The predicted octanol–water partition coefficient (Wildman–Crippen LogP) is 1.16. The Bertz CT molecular complexity index is 696. The van der Waals surface area contributed by atoms with Crippen molar-refractivity contribution < 1.29 is 27.5 Å². The van der Waals surface area contributed by atoms with Crippen molar-refractivity contribution in [1.29, 1.82) is 0 Å². The monoisotopic (exact) mass is 370 g/mol. The van der Waals surface area contributed by atoms with Crippen LogP contribution in [0, 0.1) is 5.92 Å². The Labute approximate surface area is 146 Å². The number of sulfonamides is 1. The highest BCUT2D eigenvalue weighted by Gasteiger charge is 2.26. The molecule has 1 fully saturated rings. The van der Waals surface area contributed by atoms with Crippen LogP contribution in [0.15, 0.2) is 29.2 Å². The molecule has 25 heavy (non-hydrogen) atoms. The third-order valence-electron chi connectivity index (χ3n) is 3.77. The van der Waals surface area contributed by atoms with Crippen LogP contribution in [-0.2, 0) is 30.8 Å². The van der Waals surface area contributed by atoms with Gasteiger partial charge in [-0.25, -0.2) is 17.9 Å². The van der Waals surface area contributed by atoms with E-state index in [2.05, 4.69) is 10.0 Å². The zero-order valence-corrected chi connectivity index (χ0v) is 14.8. The molecule has 0 aromatic heterocycles. The zero-order chi connectivity index (χ0) is 18.3. The van der Waals surface area contributed by atoms with E-state index in [9.17, 15) is 18.0 Å². The highest BCUT2D eigenvalue weighted by molar-refractivity contribution is 7.90. The summed E-state index contributed by atoms with van der Waals surface area (Å²) in [5.74, 6) is -0.854. The molecule has 0 atom stereocenters. The molecule has 1 aromatic rings. The summed E-state index contributed by atoms with van der Waals surface area (Å²) >= 11 is 0. The summed E-state index contributed by atoms with van der Waals surface area (Å²) in [6.45, 7) is 3.11. The van der Waals surface area contributed by atoms with Gasteiger partial charge in [0.25, 0.3) is 10.0 Å². The van der Waals surface area contributed by atoms with Gasteiger partial charge in [-0.15, -0.1) is 0 Å². The molecule has 8 nitrogen and oxygen atoms in total. The smallest absolute Gasteiger partial charge is 0.407 e. The van der Waals surface area contributed by atoms with Crippen molar-refractivity contribution >= 4 is 22.0 Å². The first kappa shape index (κ1) is 19.2. The number of alkyl carbamates (subject to hydrolysis) is 1. The molecule has 2 N–H and O–H groups in total. The predicted molar refractivity (Wildman–Crippen MR) is 89.2 cm³/mol. The summed E-state index contributed by atoms with van der Waals surface area (Å²) in [5.41, 5.74) is 0.711. The molecule has 0 unspecified atom stereocenters. The minimum absolute atomic E-state index is 0.00667. The molecule has 0 spiro atoms. The second-order valence-corrected chi connectivity index (χ2v) is 7.26. The Morgan fingerprint density at radius 2 is 1.84 bits per heavy atom. The lowest BCUT2D eigenvalue weighted by Crippen LogP contribution is -2.38. The van der Waals surface area contributed by atoms with Crippen LogP contribution in [0.4, 0.5) is 4.79 Å². The number of benzene rings is 1. The molecule has 1 aliphatic rings. The van der Waals surface area contributed by atoms with E-state index in [-0.39, 0.29) is 24.0 Å². The fraction of sp³-hybridized carbons (Fsp3) is 0.500. The standard InChI is InChI=1S/C16H22N2O6S/c1-2-24-16(20)17-11-12-3-5-14(6-4-12)25(21,22)18-15(19)13-7-9-23-10-8-13/h3-6,13H,2,7-11H2,1H3,(H,17,20)(H,18,19). The van der Waals surface area contributed by atoms with E-state index in [0.29, 0.717) is 31.6 Å². The summed E-state index contributed by atoms with van der Waals surface area (Å²) in [5, 5.41) is 2.54. The normalized spacial score (nSPS) is 15.4. The third kappa shape index (κ3) is 5.71. The van der Waals surface area contributed by atoms with Gasteiger partial charge in [0.05, 0.1) is 11.5 Å². The lowest BCUT2D eigenvalue weighted by atomic mass is 10.0. The van der Waals surface area contributed by atoms with Crippen molar-refractivity contribution in [3.63, 3.8) is 0 Å². The number of amides is 2. The van der Waals surface area contributed by atoms with Crippen LogP contribution in [0.3, 0.4) is 0 Å². The fourth-order valence-corrected chi connectivity index (χ4v) is 3.42. The van der Waals surface area contributed by atoms with Crippen molar-refractivity contribution in [3.05, 3.63) is 29.8 Å². The van der Waals surface area contributed by atoms with E-state index in [1.807, 2.05) is 0 Å². The van der Waals surface area contributed by atoms with E-state index in [4.69, 9.17) is 9.47 Å². The van der Waals surface area contributed by atoms with E-state index < -0.39 is 22.0 Å². The molecule has 138 valence electrons. The van der Waals surface area contributed by atoms with E-state index in [1.54, 1.807) is 19.1 Å². The Kier molecular flexibility index (Phi) is 6.77. The van der Waals surface area contributed by atoms with Gasteiger partial charge in [0.15, 0.2) is 0 Å². The van der Waals surface area contributed by atoms with Crippen LogP contribution in [0.2, 0.25) is 0 Å². The summed E-state index contributed by atoms with van der Waals surface area (Å²) in [6, 6.07) is 5.92. The summed E-state index contributed by atoms with van der Waals surface area (Å²) in [4.78, 5) is 23.3. The number of carbonyl (C=O) groups is 2. The molecule has 1 aliphatic heterocycles. The lowest BCUT2D eigenvalue weighted by Gasteiger charge is -2.21. The van der Waals surface area contributed by atoms with Gasteiger partial charge in [-0.05, 0) is 37.5 Å². The van der Waals surface area contributed by atoms with E-state index in [1.165, 1.54) is 12.1 Å². The van der Waals surface area contributed by atoms with Crippen molar-refractivity contribution in [3.8, 4) is 0 Å². The maximum absolute atomic E-state index is 12.3. The lowest BCUT2D eigenvalue weighted by molar-refractivity contribution is -0.125. The quantitative estimate of drug-likeness (QED) is 0.777. The van der Waals surface area contributed by atoms with Gasteiger partial charge in [-0.2, -0.15) is 0 Å². The third-order valence-corrected chi connectivity index (χ3v) is 5.14. The summed E-state index contributed by atoms with van der Waals surface area (Å²) in [7, 11) is -3.92. The highest BCUT2D eigenvalue weighted by atomic mass is 32.2. The second kappa shape index (κ2) is 8.82. The van der Waals surface area contributed by atoms with Crippen LogP contribution in [0.25, 0.3) is 0 Å². The van der Waals surface area contributed by atoms with Crippen LogP contribution in [0.1, 0.15) is 25.3 Å². The Morgan fingerprint density at radius 1 is 1.20 bits per heavy atom. The van der Waals surface area contributed by atoms with Crippen molar-refractivity contribution in [2.24, 2.45) is 5.92 Å². The van der Waals surface area contributed by atoms with Gasteiger partial charge < -0.3 is 14.8 Å². The molecular weight excluding hydrogens is 348 g/mol. The maximum atomic E-state index is 12.3. The molecule has 2 rings (SSSR count). The van der Waals surface area contributed by atoms with Gasteiger partial charge in [0, 0.05) is 25.7 Å². The van der Waals surface area contributed by atoms with Crippen molar-refractivity contribution in [2.75, 3.05) is 19.8 Å². The minimum Gasteiger partial charge on any atom is -0.450 e. The molecule has 1 saturated heterocycles. The fourth-order valence-electron chi connectivity index (χ4n) is 2.38. The molecule has 0 aliphatic carbocycles. The topological polar surface area (TPSA) is 111 Å². The first-order chi connectivity index (χ1) is 11.9. The highest BCUT2D eigenvalue weighted by Crippen LogP contribution is 2.17. The average Bonchev–Trinajstić information content (AvgIpc) is 2.61. The first-order valence-electron chi connectivity index (χ1n) is 8.06. The van der Waals surface area contributed by atoms with Gasteiger partial charge in [-0.1, -0.05) is 12.1 Å². The van der Waals surface area contributed by atoms with E-state index in [0.717, 1.165) is 0 Å². The molecule has 0 saturated carbocycles. The van der Waals surface area contributed by atoms with Crippen molar-refractivity contribution in [2.45, 2.75) is 31.2 Å². The number of carbonyl (C=O) groups excluding carboxylic acids is 2. The van der Waals surface area contributed by atoms with Gasteiger partial charge in [0.2, 0.25) is 5.91 Å². The molecule has 1 heterocycles. The molecular formula is C16H22N2O6S. The number of ether oxygens (including phenoxy) is 2. The zero-order valence-electron chi connectivity index (χ0n) is 14.0. The molecule has 2 amide bonds. The van der Waals surface area contributed by atoms with Crippen LogP contribution in [0.5, 0.6) is 0 Å². The number of nitrogens with one attached hydrogen (secondary N) is 2. The van der Waals surface area contributed by atoms with Gasteiger partial charge >= 0.3 is 6.09 Å². The molecule has 1 aromatic carbocycles. The largest absolute Gasteiger partial charge is 0.450 e. The SMILES string of the molecule is CCOC(=O)NCc1ccc(S(=O)(=O)NC(=O)C2CCOCC2)cc1. The first-order valence-corrected chi connectivity index (χ1v) is 9.54. The molecule has 0 radical (unpaired) electrons. The number of hydrogen-bond acceptors (Lipinski definition) is 6. The molecule has 0 bridgehead atoms. The van der Waals surface area contributed by atoms with E-state index >= 15 is 0 Å². The van der Waals surface area contributed by atoms with Gasteiger partial charge in [-0.3, -0.25) is 4.79 Å². The Morgan fingerprint density at radius 3 is 2.44 bits per heavy atom. The average molecular weight is 370 g/mol. The summed E-state index contributed by atoms with van der Waals surface area (Å²) in [6.07, 6.45) is 0.488. The number of rotatable bonds is 6. The van der Waals surface area contributed by atoms with Crippen LogP contribution >= 0.6 is 0 Å². The van der Waals surface area contributed by atoms with Crippen molar-refractivity contribution in [1.82, 2.24) is 10.0 Å².